The van der Waals surface area contributed by atoms with Crippen molar-refractivity contribution in [3.63, 3.8) is 0 Å². The Kier molecular flexibility index (Phi) is 1.74. The van der Waals surface area contributed by atoms with Crippen LogP contribution in [0.5, 0.6) is 0 Å². The van der Waals surface area contributed by atoms with Gasteiger partial charge < -0.3 is 0 Å². The van der Waals surface area contributed by atoms with Crippen LogP contribution in [0, 0.1) is 6.92 Å². The van der Waals surface area contributed by atoms with E-state index in [9.17, 15) is 0 Å². The molecule has 0 nitrogen and oxygen atoms in total. The Labute approximate surface area is 76.5 Å². The lowest BCUT2D eigenvalue weighted by molar-refractivity contribution is 1.54. The van der Waals surface area contributed by atoms with E-state index in [1.807, 2.05) is 6.08 Å². The minimum absolute atomic E-state index is 1.25. The van der Waals surface area contributed by atoms with Gasteiger partial charge in [-0.05, 0) is 46.0 Å². The molecule has 0 saturated carbocycles. The lowest BCUT2D eigenvalue weighted by atomic mass is 10.1. The normalized spacial score (nSPS) is 10.4. The molecule has 0 aromatic rings. The summed E-state index contributed by atoms with van der Waals surface area (Å²) in [5, 5.41) is 4.29. The quantitative estimate of drug-likeness (QED) is 0.616. The molecular formula is C11H10S. The first-order valence-corrected chi connectivity index (χ1v) is 4.85. The third kappa shape index (κ3) is 0.978. The molecule has 0 aromatic carbocycles. The Balaban J connectivity index is 2.78. The van der Waals surface area contributed by atoms with Gasteiger partial charge in [0.2, 0.25) is 0 Å². The number of hydrogen-bond acceptors (Lipinski definition) is 1. The summed E-state index contributed by atoms with van der Waals surface area (Å²) in [7, 11) is 0. The van der Waals surface area contributed by atoms with Gasteiger partial charge in [0.05, 0.1) is 0 Å². The highest BCUT2D eigenvalue weighted by molar-refractivity contribution is 7.08. The van der Waals surface area contributed by atoms with Crippen LogP contribution in [0.4, 0.5) is 0 Å². The molecule has 1 heteroatoms. The summed E-state index contributed by atoms with van der Waals surface area (Å²) in [5.41, 5.74) is 5.27. The summed E-state index contributed by atoms with van der Waals surface area (Å²) in [6.45, 7) is 5.94. The molecule has 0 radical (unpaired) electrons. The monoisotopic (exact) mass is 174 g/mol. The molecule has 1 aliphatic carbocycles. The van der Waals surface area contributed by atoms with Gasteiger partial charge in [0.25, 0.3) is 0 Å². The first kappa shape index (κ1) is 7.56. The van der Waals surface area contributed by atoms with Crippen LogP contribution in [-0.4, -0.2) is 0 Å². The maximum atomic E-state index is 3.80. The summed E-state index contributed by atoms with van der Waals surface area (Å²) in [4.78, 5) is 0. The Bertz CT molecular complexity index is 384. The predicted molar refractivity (Wildman–Crippen MR) is 55.8 cm³/mol. The predicted octanol–water partition coefficient (Wildman–Crippen LogP) is 3.80. The van der Waals surface area contributed by atoms with Crippen molar-refractivity contribution in [1.82, 2.24) is 0 Å². The zero-order chi connectivity index (χ0) is 8.55. The number of rotatable bonds is 1. The Hall–Kier alpha value is -1.08. The molecule has 12 heavy (non-hydrogen) atoms. The fraction of sp³-hybridized carbons (Fsp3) is 0.0909. The first-order chi connectivity index (χ1) is 5.83. The Morgan fingerprint density at radius 1 is 1.42 bits per heavy atom. The van der Waals surface area contributed by atoms with E-state index in [-0.39, 0.29) is 0 Å². The van der Waals surface area contributed by atoms with Crippen LogP contribution in [0.1, 0.15) is 11.1 Å². The number of hydrogen-bond donors (Lipinski definition) is 0. The molecule has 2 aliphatic rings. The molecule has 0 N–H and O–H groups in total. The third-order valence-corrected chi connectivity index (χ3v) is 2.78. The van der Waals surface area contributed by atoms with Crippen LogP contribution in [0.3, 0.4) is 0 Å². The van der Waals surface area contributed by atoms with Gasteiger partial charge in [0.1, 0.15) is 0 Å². The van der Waals surface area contributed by atoms with Gasteiger partial charge in [-0.1, -0.05) is 18.7 Å². The third-order valence-electron chi connectivity index (χ3n) is 2.12. The van der Waals surface area contributed by atoms with Crippen LogP contribution in [0.25, 0.3) is 17.2 Å². The van der Waals surface area contributed by atoms with Gasteiger partial charge in [-0.2, -0.15) is 11.3 Å². The summed E-state index contributed by atoms with van der Waals surface area (Å²) in [6, 6.07) is 4.35. The van der Waals surface area contributed by atoms with Crippen LogP contribution < -0.4 is 0 Å². The van der Waals surface area contributed by atoms with Gasteiger partial charge in [-0.15, -0.1) is 0 Å². The smallest absolute Gasteiger partial charge is 0.000888 e. The maximum absolute atomic E-state index is 3.80. The topological polar surface area (TPSA) is 0 Å². The number of aryl methyl sites for hydroxylation is 1. The molecule has 0 saturated heterocycles. The molecule has 1 aliphatic heterocycles. The second kappa shape index (κ2) is 2.76. The summed E-state index contributed by atoms with van der Waals surface area (Å²) < 4.78 is 0. The van der Waals surface area contributed by atoms with Crippen molar-refractivity contribution < 1.29 is 0 Å². The largest absolute Gasteiger partial charge is 0.152 e. The Morgan fingerprint density at radius 2 is 2.25 bits per heavy atom. The molecule has 0 amide bonds. The van der Waals surface area contributed by atoms with Crippen molar-refractivity contribution in [1.29, 1.82) is 0 Å². The molecule has 1 heterocycles. The standard InChI is InChI=1S/C11H10S/c1-3-9-6-8(2)10-4-5-12-7-11(9)10/h3-7H,1H2,2H3. The van der Waals surface area contributed by atoms with Crippen LogP contribution in [-0.2, 0) is 0 Å². The highest BCUT2D eigenvalue weighted by Crippen LogP contribution is 2.33. The van der Waals surface area contributed by atoms with Crippen LogP contribution in [0.15, 0.2) is 29.5 Å². The van der Waals surface area contributed by atoms with Gasteiger partial charge in [-0.25, -0.2) is 0 Å². The summed E-state index contributed by atoms with van der Waals surface area (Å²) >= 11 is 1.73. The van der Waals surface area contributed by atoms with Crippen molar-refractivity contribution >= 4 is 17.4 Å². The summed E-state index contributed by atoms with van der Waals surface area (Å²) in [6.07, 6.45) is 1.92. The van der Waals surface area contributed by atoms with E-state index in [4.69, 9.17) is 0 Å². The molecule has 2 rings (SSSR count). The number of fused-ring (bicyclic) bond motifs is 1. The van der Waals surface area contributed by atoms with E-state index >= 15 is 0 Å². The molecule has 0 spiro atoms. The minimum Gasteiger partial charge on any atom is -0.152 e. The lowest BCUT2D eigenvalue weighted by Gasteiger charge is -1.98. The minimum atomic E-state index is 1.25. The van der Waals surface area contributed by atoms with Gasteiger partial charge in [0.15, 0.2) is 0 Å². The first-order valence-electron chi connectivity index (χ1n) is 3.91. The van der Waals surface area contributed by atoms with E-state index in [1.54, 1.807) is 11.3 Å². The van der Waals surface area contributed by atoms with E-state index in [0.29, 0.717) is 0 Å². The highest BCUT2D eigenvalue weighted by Gasteiger charge is 2.09. The zero-order valence-electron chi connectivity index (χ0n) is 7.00. The molecule has 0 bridgehead atoms. The van der Waals surface area contributed by atoms with E-state index in [0.717, 1.165) is 0 Å². The molecular weight excluding hydrogens is 164 g/mol. The molecule has 60 valence electrons. The highest BCUT2D eigenvalue weighted by atomic mass is 32.1. The second-order valence-corrected chi connectivity index (χ2v) is 3.65. The average molecular weight is 174 g/mol. The lowest BCUT2D eigenvalue weighted by Crippen LogP contribution is -1.73. The average Bonchev–Trinajstić information content (AvgIpc) is 2.44. The van der Waals surface area contributed by atoms with E-state index < -0.39 is 0 Å². The maximum Gasteiger partial charge on any atom is -0.000888 e. The molecule has 0 fully saturated rings. The van der Waals surface area contributed by atoms with Gasteiger partial charge in [-0.3, -0.25) is 0 Å². The van der Waals surface area contributed by atoms with Crippen molar-refractivity contribution in [3.05, 3.63) is 40.6 Å². The van der Waals surface area contributed by atoms with Crippen molar-refractivity contribution in [2.45, 2.75) is 6.92 Å². The van der Waals surface area contributed by atoms with Crippen molar-refractivity contribution in [3.8, 4) is 11.1 Å². The van der Waals surface area contributed by atoms with E-state index in [2.05, 4.69) is 36.4 Å². The van der Waals surface area contributed by atoms with Gasteiger partial charge in [0, 0.05) is 0 Å². The van der Waals surface area contributed by atoms with Crippen molar-refractivity contribution in [2.24, 2.45) is 0 Å². The second-order valence-electron chi connectivity index (χ2n) is 2.87. The van der Waals surface area contributed by atoms with Crippen LogP contribution in [0.2, 0.25) is 0 Å². The zero-order valence-corrected chi connectivity index (χ0v) is 7.82. The molecule has 0 aromatic heterocycles. The summed E-state index contributed by atoms with van der Waals surface area (Å²) in [5.74, 6) is 0. The van der Waals surface area contributed by atoms with Crippen molar-refractivity contribution in [2.75, 3.05) is 0 Å². The molecule has 0 atom stereocenters. The van der Waals surface area contributed by atoms with Gasteiger partial charge >= 0.3 is 0 Å². The Morgan fingerprint density at radius 3 is 3.00 bits per heavy atom. The fourth-order valence-corrected chi connectivity index (χ4v) is 2.19. The van der Waals surface area contributed by atoms with Crippen LogP contribution >= 0.6 is 11.3 Å². The SMILES string of the molecule is C=Cc1cc(C)c2ccscc1-2. The molecule has 0 unspecified atom stereocenters. The van der Waals surface area contributed by atoms with E-state index in [1.165, 1.54) is 22.3 Å². The fourth-order valence-electron chi connectivity index (χ4n) is 1.49.